The average Bonchev–Trinajstić information content (AvgIpc) is 3.07. The van der Waals surface area contributed by atoms with Crippen molar-refractivity contribution in [2.75, 3.05) is 13.2 Å². The first kappa shape index (κ1) is 21.1. The first-order valence-electron chi connectivity index (χ1n) is 9.62. The summed E-state index contributed by atoms with van der Waals surface area (Å²) in [5.74, 6) is -1.93. The summed E-state index contributed by atoms with van der Waals surface area (Å²) in [6.07, 6.45) is 0.190. The third-order valence-corrected chi connectivity index (χ3v) is 4.91. The Bertz CT molecular complexity index is 909. The minimum absolute atomic E-state index is 0.0330. The molecule has 0 aliphatic heterocycles. The van der Waals surface area contributed by atoms with Gasteiger partial charge >= 0.3 is 18.0 Å². The number of alkyl carbamates (subject to hydrolysis) is 1. The maximum Gasteiger partial charge on any atom is 0.407 e. The number of esters is 1. The molecule has 0 radical (unpaired) electrons. The van der Waals surface area contributed by atoms with Crippen molar-refractivity contribution in [1.29, 1.82) is 0 Å². The molecule has 0 bridgehead atoms. The van der Waals surface area contributed by atoms with E-state index in [2.05, 4.69) is 11.9 Å². The number of fused-ring (bicyclic) bond motifs is 3. The highest BCUT2D eigenvalue weighted by Crippen LogP contribution is 2.44. The van der Waals surface area contributed by atoms with Gasteiger partial charge in [0, 0.05) is 12.3 Å². The van der Waals surface area contributed by atoms with Gasteiger partial charge in [-0.25, -0.2) is 9.59 Å². The van der Waals surface area contributed by atoms with Gasteiger partial charge in [0.05, 0.1) is 0 Å². The van der Waals surface area contributed by atoms with Gasteiger partial charge in [-0.05, 0) is 28.7 Å². The quantitative estimate of drug-likeness (QED) is 0.486. The van der Waals surface area contributed by atoms with Crippen molar-refractivity contribution < 1.29 is 29.0 Å². The van der Waals surface area contributed by atoms with Crippen LogP contribution in [0, 0.1) is 0 Å². The normalized spacial score (nSPS) is 12.9. The molecule has 0 aromatic heterocycles. The van der Waals surface area contributed by atoms with Crippen LogP contribution < -0.4 is 5.32 Å². The topological polar surface area (TPSA) is 102 Å². The van der Waals surface area contributed by atoms with Crippen LogP contribution in [0.5, 0.6) is 0 Å². The molecule has 0 spiro atoms. The first-order valence-corrected chi connectivity index (χ1v) is 9.62. The molecule has 7 nitrogen and oxygen atoms in total. The standard InChI is InChI=1S/C23H23NO6/c1-2-13-29-22(27)20(11-12-21(25)26)24-23(28)30-14-19-17-9-5-3-7-15(17)16-8-4-6-10-18(16)19/h2-10,19-20H,1,11-14H2,(H,24,28)(H,25,26). The SMILES string of the molecule is C=CCOC(=O)C(CCC(=O)O)NC(=O)OCC1c2ccccc2-c2ccccc21. The second-order valence-corrected chi connectivity index (χ2v) is 6.87. The second kappa shape index (κ2) is 9.73. The van der Waals surface area contributed by atoms with Gasteiger partial charge in [-0.2, -0.15) is 0 Å². The molecule has 30 heavy (non-hydrogen) atoms. The minimum Gasteiger partial charge on any atom is -0.481 e. The Hall–Kier alpha value is -3.61. The van der Waals surface area contributed by atoms with Crippen LogP contribution in [0.25, 0.3) is 11.1 Å². The van der Waals surface area contributed by atoms with Gasteiger partial charge in [0.2, 0.25) is 0 Å². The minimum atomic E-state index is -1.11. The zero-order chi connectivity index (χ0) is 21.5. The highest BCUT2D eigenvalue weighted by Gasteiger charge is 2.30. The van der Waals surface area contributed by atoms with Crippen molar-refractivity contribution in [3.8, 4) is 11.1 Å². The van der Waals surface area contributed by atoms with E-state index in [-0.39, 0.29) is 32.0 Å². The molecule has 3 rings (SSSR count). The summed E-state index contributed by atoms with van der Waals surface area (Å²) in [5, 5.41) is 11.3. The fourth-order valence-corrected chi connectivity index (χ4v) is 3.54. The third-order valence-electron chi connectivity index (χ3n) is 4.91. The van der Waals surface area contributed by atoms with E-state index in [1.165, 1.54) is 6.08 Å². The summed E-state index contributed by atoms with van der Waals surface area (Å²) in [6.45, 7) is 3.51. The van der Waals surface area contributed by atoms with Crippen molar-refractivity contribution >= 4 is 18.0 Å². The fraction of sp³-hybridized carbons (Fsp3) is 0.261. The molecule has 2 aromatic carbocycles. The molecule has 1 unspecified atom stereocenters. The van der Waals surface area contributed by atoms with Gasteiger partial charge in [0.25, 0.3) is 0 Å². The van der Waals surface area contributed by atoms with Crippen molar-refractivity contribution in [1.82, 2.24) is 5.32 Å². The number of carbonyl (C=O) groups is 3. The van der Waals surface area contributed by atoms with E-state index in [0.29, 0.717) is 0 Å². The van der Waals surface area contributed by atoms with Crippen molar-refractivity contribution in [2.24, 2.45) is 0 Å². The lowest BCUT2D eigenvalue weighted by atomic mass is 9.98. The van der Waals surface area contributed by atoms with E-state index in [1.54, 1.807) is 0 Å². The molecule has 7 heteroatoms. The molecule has 0 fully saturated rings. The Balaban J connectivity index is 1.66. The Labute approximate surface area is 174 Å². The van der Waals surface area contributed by atoms with E-state index in [4.69, 9.17) is 14.6 Å². The molecule has 1 atom stereocenters. The smallest absolute Gasteiger partial charge is 0.407 e. The van der Waals surface area contributed by atoms with E-state index in [0.717, 1.165) is 22.3 Å². The number of benzene rings is 2. The van der Waals surface area contributed by atoms with Crippen molar-refractivity contribution in [3.05, 3.63) is 72.3 Å². The number of nitrogens with one attached hydrogen (secondary N) is 1. The van der Waals surface area contributed by atoms with Crippen LogP contribution in [0.15, 0.2) is 61.2 Å². The number of carboxylic acids is 1. The van der Waals surface area contributed by atoms with E-state index < -0.39 is 24.1 Å². The zero-order valence-electron chi connectivity index (χ0n) is 16.4. The maximum atomic E-state index is 12.3. The fourth-order valence-electron chi connectivity index (χ4n) is 3.54. The molecule has 0 saturated carbocycles. The van der Waals surface area contributed by atoms with Crippen LogP contribution >= 0.6 is 0 Å². The highest BCUT2D eigenvalue weighted by molar-refractivity contribution is 5.82. The van der Waals surface area contributed by atoms with Gasteiger partial charge in [-0.1, -0.05) is 61.2 Å². The predicted octanol–water partition coefficient (Wildman–Crippen LogP) is 3.49. The molecule has 1 amide bonds. The lowest BCUT2D eigenvalue weighted by Gasteiger charge is -2.18. The molecular weight excluding hydrogens is 386 g/mol. The van der Waals surface area contributed by atoms with Gasteiger partial charge in [-0.15, -0.1) is 0 Å². The Morgan fingerprint density at radius 3 is 2.20 bits per heavy atom. The second-order valence-electron chi connectivity index (χ2n) is 6.87. The Morgan fingerprint density at radius 1 is 1.03 bits per heavy atom. The molecule has 2 aromatic rings. The van der Waals surface area contributed by atoms with Crippen LogP contribution in [-0.2, 0) is 19.1 Å². The Morgan fingerprint density at radius 2 is 1.63 bits per heavy atom. The molecule has 0 heterocycles. The predicted molar refractivity (Wildman–Crippen MR) is 110 cm³/mol. The number of carboxylic acid groups (broad SMARTS) is 1. The monoisotopic (exact) mass is 409 g/mol. The molecule has 1 aliphatic rings. The van der Waals surface area contributed by atoms with E-state index in [1.807, 2.05) is 48.5 Å². The molecule has 1 aliphatic carbocycles. The van der Waals surface area contributed by atoms with Gasteiger partial charge in [-0.3, -0.25) is 4.79 Å². The number of amides is 1. The lowest BCUT2D eigenvalue weighted by molar-refractivity contribution is -0.145. The zero-order valence-corrected chi connectivity index (χ0v) is 16.4. The van der Waals surface area contributed by atoms with Gasteiger partial charge in [0.15, 0.2) is 0 Å². The summed E-state index contributed by atoms with van der Waals surface area (Å²) in [6, 6.07) is 14.8. The molecule has 156 valence electrons. The first-order chi connectivity index (χ1) is 14.5. The van der Waals surface area contributed by atoms with Crippen LogP contribution in [0.3, 0.4) is 0 Å². The number of hydrogen-bond acceptors (Lipinski definition) is 5. The highest BCUT2D eigenvalue weighted by atomic mass is 16.6. The summed E-state index contributed by atoms with van der Waals surface area (Å²) in [5.41, 5.74) is 4.35. The number of hydrogen-bond donors (Lipinski definition) is 2. The maximum absolute atomic E-state index is 12.3. The Kier molecular flexibility index (Phi) is 6.85. The van der Waals surface area contributed by atoms with E-state index >= 15 is 0 Å². The van der Waals surface area contributed by atoms with Crippen LogP contribution in [0.1, 0.15) is 29.9 Å². The third kappa shape index (κ3) is 4.86. The van der Waals surface area contributed by atoms with Crippen molar-refractivity contribution in [3.63, 3.8) is 0 Å². The average molecular weight is 409 g/mol. The lowest BCUT2D eigenvalue weighted by Crippen LogP contribution is -2.42. The van der Waals surface area contributed by atoms with Crippen molar-refractivity contribution in [2.45, 2.75) is 24.8 Å². The summed E-state index contributed by atoms with van der Waals surface area (Å²) < 4.78 is 10.3. The van der Waals surface area contributed by atoms with Gasteiger partial charge < -0.3 is 19.9 Å². The molecular formula is C23H23NO6. The largest absolute Gasteiger partial charge is 0.481 e. The molecule has 0 saturated heterocycles. The van der Waals surface area contributed by atoms with Crippen LogP contribution in [0.2, 0.25) is 0 Å². The number of rotatable bonds is 9. The van der Waals surface area contributed by atoms with Crippen LogP contribution in [-0.4, -0.2) is 42.4 Å². The number of aliphatic carboxylic acids is 1. The summed E-state index contributed by atoms with van der Waals surface area (Å²) in [4.78, 5) is 35.3. The summed E-state index contributed by atoms with van der Waals surface area (Å²) >= 11 is 0. The van der Waals surface area contributed by atoms with E-state index in [9.17, 15) is 14.4 Å². The van der Waals surface area contributed by atoms with Crippen LogP contribution in [0.4, 0.5) is 4.79 Å². The molecule has 2 N–H and O–H groups in total. The number of ether oxygens (including phenoxy) is 2. The van der Waals surface area contributed by atoms with Gasteiger partial charge in [0.1, 0.15) is 19.3 Å². The summed E-state index contributed by atoms with van der Waals surface area (Å²) in [7, 11) is 0. The number of carbonyl (C=O) groups excluding carboxylic acids is 2.